The van der Waals surface area contributed by atoms with Crippen molar-refractivity contribution in [3.63, 3.8) is 0 Å². The van der Waals surface area contributed by atoms with Gasteiger partial charge < -0.3 is 10.0 Å². The fraction of sp³-hybridized carbons (Fsp3) is 0.133. The average Bonchev–Trinajstić information content (AvgIpc) is 2.47. The number of benzene rings is 1. The summed E-state index contributed by atoms with van der Waals surface area (Å²) in [5.74, 6) is -0.774. The quantitative estimate of drug-likeness (QED) is 0.879. The summed E-state index contributed by atoms with van der Waals surface area (Å²) in [6.07, 6.45) is 0. The van der Waals surface area contributed by atoms with E-state index < -0.39 is 5.97 Å². The lowest BCUT2D eigenvalue weighted by Crippen LogP contribution is -2.21. The first kappa shape index (κ1) is 14.8. The van der Waals surface area contributed by atoms with Crippen LogP contribution in [0.3, 0.4) is 0 Å². The van der Waals surface area contributed by atoms with Gasteiger partial charge in [0.1, 0.15) is 16.5 Å². The molecule has 0 aliphatic rings. The van der Waals surface area contributed by atoms with Gasteiger partial charge in [-0.15, -0.1) is 0 Å². The van der Waals surface area contributed by atoms with Crippen molar-refractivity contribution >= 4 is 23.4 Å². The lowest BCUT2D eigenvalue weighted by atomic mass is 10.1. The van der Waals surface area contributed by atoms with Crippen LogP contribution in [0.15, 0.2) is 36.4 Å². The van der Waals surface area contributed by atoms with E-state index in [4.69, 9.17) is 16.9 Å². The smallest absolute Gasteiger partial charge is 0.339 e. The number of carboxylic acids is 1. The van der Waals surface area contributed by atoms with Crippen molar-refractivity contribution in [2.75, 3.05) is 11.9 Å². The number of carbonyl (C=O) groups is 1. The molecule has 1 aromatic heterocycles. The Hall–Kier alpha value is -2.58. The molecular formula is C15H12ClN3O2. The molecule has 1 N–H and O–H groups in total. The molecule has 0 saturated carbocycles. The molecule has 1 aromatic carbocycles. The molecule has 2 aromatic rings. The van der Waals surface area contributed by atoms with Gasteiger partial charge in [0, 0.05) is 13.6 Å². The molecule has 0 saturated heterocycles. The zero-order chi connectivity index (χ0) is 15.4. The molecule has 0 unspecified atom stereocenters. The van der Waals surface area contributed by atoms with E-state index in [2.05, 4.69) is 11.1 Å². The Kier molecular flexibility index (Phi) is 4.41. The van der Waals surface area contributed by atoms with E-state index in [0.717, 1.165) is 5.56 Å². The third-order valence-corrected chi connectivity index (χ3v) is 3.12. The van der Waals surface area contributed by atoms with E-state index in [0.29, 0.717) is 12.1 Å². The number of nitrogens with zero attached hydrogens (tertiary/aromatic N) is 3. The second-order valence-corrected chi connectivity index (χ2v) is 4.87. The SMILES string of the molecule is CN(Cc1cccc(C#N)c1)c1nc(Cl)ccc1C(=O)O. The highest BCUT2D eigenvalue weighted by Gasteiger charge is 2.16. The summed E-state index contributed by atoms with van der Waals surface area (Å²) in [7, 11) is 1.73. The Balaban J connectivity index is 2.32. The number of hydrogen-bond acceptors (Lipinski definition) is 4. The van der Waals surface area contributed by atoms with Crippen LogP contribution < -0.4 is 4.90 Å². The van der Waals surface area contributed by atoms with Crippen molar-refractivity contribution in [3.8, 4) is 6.07 Å². The predicted molar refractivity (Wildman–Crippen MR) is 79.5 cm³/mol. The van der Waals surface area contributed by atoms with Gasteiger partial charge in [-0.1, -0.05) is 23.7 Å². The fourth-order valence-electron chi connectivity index (χ4n) is 1.97. The zero-order valence-electron chi connectivity index (χ0n) is 11.2. The summed E-state index contributed by atoms with van der Waals surface area (Å²) in [6, 6.07) is 12.0. The van der Waals surface area contributed by atoms with E-state index in [1.54, 1.807) is 30.1 Å². The van der Waals surface area contributed by atoms with Gasteiger partial charge in [-0.2, -0.15) is 5.26 Å². The van der Waals surface area contributed by atoms with Crippen LogP contribution in [-0.2, 0) is 6.54 Å². The predicted octanol–water partition coefficient (Wildman–Crippen LogP) is 2.94. The molecule has 0 atom stereocenters. The van der Waals surface area contributed by atoms with E-state index in [-0.39, 0.29) is 16.5 Å². The summed E-state index contributed by atoms with van der Waals surface area (Å²) in [6.45, 7) is 0.420. The van der Waals surface area contributed by atoms with Crippen LogP contribution in [0.4, 0.5) is 5.82 Å². The first-order valence-corrected chi connectivity index (χ1v) is 6.49. The molecule has 21 heavy (non-hydrogen) atoms. The van der Waals surface area contributed by atoms with Crippen LogP contribution in [0.2, 0.25) is 5.15 Å². The number of halogens is 1. The number of carboxylic acid groups (broad SMARTS) is 1. The molecule has 0 spiro atoms. The van der Waals surface area contributed by atoms with Gasteiger partial charge in [0.15, 0.2) is 0 Å². The molecule has 6 heteroatoms. The Morgan fingerprint density at radius 3 is 2.86 bits per heavy atom. The number of anilines is 1. The molecule has 2 rings (SSSR count). The number of hydrogen-bond donors (Lipinski definition) is 1. The van der Waals surface area contributed by atoms with E-state index in [1.165, 1.54) is 12.1 Å². The van der Waals surface area contributed by atoms with Crippen LogP contribution in [-0.4, -0.2) is 23.1 Å². The Morgan fingerprint density at radius 2 is 2.19 bits per heavy atom. The molecule has 106 valence electrons. The Bertz CT molecular complexity index is 725. The van der Waals surface area contributed by atoms with Gasteiger partial charge in [0.05, 0.1) is 11.6 Å². The van der Waals surface area contributed by atoms with Crippen molar-refractivity contribution in [2.24, 2.45) is 0 Å². The molecular weight excluding hydrogens is 290 g/mol. The molecule has 0 bridgehead atoms. The Labute approximate surface area is 127 Å². The van der Waals surface area contributed by atoms with Crippen molar-refractivity contribution in [1.29, 1.82) is 5.26 Å². The van der Waals surface area contributed by atoms with Gasteiger partial charge in [0.25, 0.3) is 0 Å². The number of aromatic nitrogens is 1. The van der Waals surface area contributed by atoms with Gasteiger partial charge in [-0.05, 0) is 29.8 Å². The second-order valence-electron chi connectivity index (χ2n) is 4.48. The number of nitriles is 1. The maximum absolute atomic E-state index is 11.2. The molecule has 5 nitrogen and oxygen atoms in total. The van der Waals surface area contributed by atoms with Crippen LogP contribution in [0, 0.1) is 11.3 Å². The number of rotatable bonds is 4. The van der Waals surface area contributed by atoms with Crippen LogP contribution in [0.5, 0.6) is 0 Å². The monoisotopic (exact) mass is 301 g/mol. The third kappa shape index (κ3) is 3.50. The van der Waals surface area contributed by atoms with Crippen LogP contribution >= 0.6 is 11.6 Å². The summed E-state index contributed by atoms with van der Waals surface area (Å²) >= 11 is 5.84. The highest BCUT2D eigenvalue weighted by Crippen LogP contribution is 2.21. The molecule has 0 radical (unpaired) electrons. The minimum atomic E-state index is -1.06. The summed E-state index contributed by atoms with van der Waals surface area (Å²) in [5, 5.41) is 18.3. The average molecular weight is 302 g/mol. The van der Waals surface area contributed by atoms with E-state index in [9.17, 15) is 9.90 Å². The van der Waals surface area contributed by atoms with E-state index in [1.807, 2.05) is 6.07 Å². The second kappa shape index (κ2) is 6.25. The largest absolute Gasteiger partial charge is 0.478 e. The lowest BCUT2D eigenvalue weighted by Gasteiger charge is -2.20. The van der Waals surface area contributed by atoms with Crippen molar-refractivity contribution < 1.29 is 9.90 Å². The minimum absolute atomic E-state index is 0.0818. The van der Waals surface area contributed by atoms with Crippen molar-refractivity contribution in [2.45, 2.75) is 6.54 Å². The van der Waals surface area contributed by atoms with Crippen LogP contribution in [0.25, 0.3) is 0 Å². The van der Waals surface area contributed by atoms with Gasteiger partial charge in [0.2, 0.25) is 0 Å². The summed E-state index contributed by atoms with van der Waals surface area (Å²) < 4.78 is 0. The summed E-state index contributed by atoms with van der Waals surface area (Å²) in [5.41, 5.74) is 1.52. The van der Waals surface area contributed by atoms with E-state index >= 15 is 0 Å². The van der Waals surface area contributed by atoms with Gasteiger partial charge in [-0.3, -0.25) is 0 Å². The molecule has 0 amide bonds. The normalized spacial score (nSPS) is 9.95. The summed E-state index contributed by atoms with van der Waals surface area (Å²) in [4.78, 5) is 17.0. The molecule has 0 fully saturated rings. The Morgan fingerprint density at radius 1 is 1.43 bits per heavy atom. The molecule has 1 heterocycles. The minimum Gasteiger partial charge on any atom is -0.478 e. The highest BCUT2D eigenvalue weighted by atomic mass is 35.5. The van der Waals surface area contributed by atoms with Crippen LogP contribution in [0.1, 0.15) is 21.5 Å². The first-order chi connectivity index (χ1) is 10.0. The fourth-order valence-corrected chi connectivity index (χ4v) is 2.11. The molecule has 0 aliphatic heterocycles. The number of aromatic carboxylic acids is 1. The number of pyridine rings is 1. The van der Waals surface area contributed by atoms with Crippen molar-refractivity contribution in [3.05, 3.63) is 58.2 Å². The first-order valence-electron chi connectivity index (χ1n) is 6.11. The van der Waals surface area contributed by atoms with Gasteiger partial charge in [-0.25, -0.2) is 9.78 Å². The maximum Gasteiger partial charge on any atom is 0.339 e. The zero-order valence-corrected chi connectivity index (χ0v) is 12.0. The standard InChI is InChI=1S/C15H12ClN3O2/c1-19(9-11-4-2-3-10(7-11)8-17)14-12(15(20)21)5-6-13(16)18-14/h2-7H,9H2,1H3,(H,20,21). The topological polar surface area (TPSA) is 77.2 Å². The van der Waals surface area contributed by atoms with Gasteiger partial charge >= 0.3 is 5.97 Å². The molecule has 0 aliphatic carbocycles. The highest BCUT2D eigenvalue weighted by molar-refractivity contribution is 6.29. The van der Waals surface area contributed by atoms with Crippen molar-refractivity contribution in [1.82, 2.24) is 4.98 Å². The maximum atomic E-state index is 11.2. The lowest BCUT2D eigenvalue weighted by molar-refractivity contribution is 0.0697. The third-order valence-electron chi connectivity index (χ3n) is 2.91.